The van der Waals surface area contributed by atoms with Gasteiger partial charge in [0.05, 0.1) is 0 Å². The molecule has 1 aromatic rings. The summed E-state index contributed by atoms with van der Waals surface area (Å²) in [6.45, 7) is 9.81. The van der Waals surface area contributed by atoms with Crippen molar-refractivity contribution in [2.24, 2.45) is 0 Å². The van der Waals surface area contributed by atoms with E-state index in [0.29, 0.717) is 44.5 Å². The van der Waals surface area contributed by atoms with Crippen LogP contribution in [-0.2, 0) is 16.0 Å². The lowest BCUT2D eigenvalue weighted by Gasteiger charge is -2.26. The molecule has 0 spiro atoms. The van der Waals surface area contributed by atoms with Crippen LogP contribution in [0.25, 0.3) is 0 Å². The Morgan fingerprint density at radius 2 is 1.79 bits per heavy atom. The molecule has 1 N–H and O–H groups in total. The van der Waals surface area contributed by atoms with Gasteiger partial charge in [-0.3, -0.25) is 9.59 Å². The van der Waals surface area contributed by atoms with E-state index in [1.807, 2.05) is 45.0 Å². The molecule has 0 saturated carbocycles. The fourth-order valence-corrected chi connectivity index (χ4v) is 3.62. The van der Waals surface area contributed by atoms with Gasteiger partial charge in [0.25, 0.3) is 0 Å². The van der Waals surface area contributed by atoms with E-state index in [1.165, 1.54) is 13.0 Å². The summed E-state index contributed by atoms with van der Waals surface area (Å²) in [5.41, 5.74) is 2.83. The summed E-state index contributed by atoms with van der Waals surface area (Å²) < 4.78 is 38.0. The molecule has 1 aromatic carbocycles. The molecule has 5 nitrogen and oxygen atoms in total. The maximum atomic E-state index is 12.7. The van der Waals surface area contributed by atoms with Crippen LogP contribution < -0.4 is 10.2 Å². The van der Waals surface area contributed by atoms with E-state index in [2.05, 4.69) is 10.2 Å². The Kier molecular flexibility index (Phi) is 11.9. The molecular weight excluding hydrogens is 443 g/mol. The third-order valence-corrected chi connectivity index (χ3v) is 5.83. The van der Waals surface area contributed by atoms with Crippen LogP contribution in [0.5, 0.6) is 0 Å². The summed E-state index contributed by atoms with van der Waals surface area (Å²) in [5, 5.41) is 2.90. The standard InChI is InChI=1S/C26H38F3N3O2/c1-7-21-15-16-22(18-24(21)31(6)20(5)33)30-25(34)14-11-17-32(9-3)23(8-2)13-10-12-19(4)26(27,28)29/h8,12,15-16,18H,7,9-11,13-14,17H2,1-6H3,(H,30,34)/b19-12+,23-8+. The first-order valence-corrected chi connectivity index (χ1v) is 11.8. The molecule has 0 bridgehead atoms. The molecule has 0 atom stereocenters. The second-order valence-electron chi connectivity index (χ2n) is 8.21. The van der Waals surface area contributed by atoms with Gasteiger partial charge in [-0.05, 0) is 64.2 Å². The Balaban J connectivity index is 2.66. The van der Waals surface area contributed by atoms with Crippen LogP contribution in [0.4, 0.5) is 24.5 Å². The van der Waals surface area contributed by atoms with Crippen LogP contribution in [0.3, 0.4) is 0 Å². The van der Waals surface area contributed by atoms with E-state index < -0.39 is 11.7 Å². The van der Waals surface area contributed by atoms with Gasteiger partial charge in [-0.2, -0.15) is 13.2 Å². The summed E-state index contributed by atoms with van der Waals surface area (Å²) in [6.07, 6.45) is 1.39. The third-order valence-electron chi connectivity index (χ3n) is 5.83. The molecule has 0 aliphatic carbocycles. The number of carbonyl (C=O) groups excluding carboxylic acids is 2. The molecule has 1 rings (SSSR count). The normalized spacial score (nSPS) is 12.5. The van der Waals surface area contributed by atoms with Gasteiger partial charge in [-0.25, -0.2) is 0 Å². The average Bonchev–Trinajstić information content (AvgIpc) is 2.78. The fraction of sp³-hybridized carbons (Fsp3) is 0.538. The SMILES string of the molecule is C/C=C(\CC/C=C(\C)C(F)(F)F)N(CC)CCCC(=O)Nc1ccc(CC)c(N(C)C(C)=O)c1. The van der Waals surface area contributed by atoms with Crippen molar-refractivity contribution in [3.63, 3.8) is 0 Å². The van der Waals surface area contributed by atoms with E-state index in [4.69, 9.17) is 0 Å². The molecule has 8 heteroatoms. The number of hydrogen-bond donors (Lipinski definition) is 1. The first-order chi connectivity index (χ1) is 15.9. The summed E-state index contributed by atoms with van der Waals surface area (Å²) in [7, 11) is 1.71. The highest BCUT2D eigenvalue weighted by Crippen LogP contribution is 2.27. The maximum absolute atomic E-state index is 12.7. The van der Waals surface area contributed by atoms with Crippen LogP contribution in [0.15, 0.2) is 41.6 Å². The average molecular weight is 482 g/mol. The summed E-state index contributed by atoms with van der Waals surface area (Å²) in [5.74, 6) is -0.204. The number of anilines is 2. The molecule has 0 heterocycles. The molecule has 0 aliphatic heterocycles. The topological polar surface area (TPSA) is 52.7 Å². The van der Waals surface area contributed by atoms with Crippen molar-refractivity contribution in [1.82, 2.24) is 4.90 Å². The van der Waals surface area contributed by atoms with Crippen LogP contribution in [-0.4, -0.2) is 43.0 Å². The minimum absolute atomic E-state index is 0.0818. The number of amides is 2. The quantitative estimate of drug-likeness (QED) is 0.348. The van der Waals surface area contributed by atoms with Crippen LogP contribution in [0.2, 0.25) is 0 Å². The van der Waals surface area contributed by atoms with Crippen molar-refractivity contribution in [3.8, 4) is 0 Å². The van der Waals surface area contributed by atoms with Gasteiger partial charge in [-0.15, -0.1) is 0 Å². The number of nitrogens with zero attached hydrogens (tertiary/aromatic N) is 2. The van der Waals surface area contributed by atoms with Crippen LogP contribution in [0.1, 0.15) is 65.9 Å². The zero-order valence-electron chi connectivity index (χ0n) is 21.2. The highest BCUT2D eigenvalue weighted by atomic mass is 19.4. The Hall–Kier alpha value is -2.77. The van der Waals surface area contributed by atoms with Crippen molar-refractivity contribution in [2.75, 3.05) is 30.4 Å². The Morgan fingerprint density at radius 3 is 2.32 bits per heavy atom. The predicted octanol–water partition coefficient (Wildman–Crippen LogP) is 6.46. The number of nitrogens with one attached hydrogen (secondary N) is 1. The van der Waals surface area contributed by atoms with Crippen molar-refractivity contribution in [2.45, 2.75) is 72.9 Å². The molecule has 0 radical (unpaired) electrons. The lowest BCUT2D eigenvalue weighted by Crippen LogP contribution is -2.25. The smallest absolute Gasteiger partial charge is 0.375 e. The first-order valence-electron chi connectivity index (χ1n) is 11.8. The molecule has 0 saturated heterocycles. The van der Waals surface area contributed by atoms with Gasteiger partial charge in [0.2, 0.25) is 11.8 Å². The molecule has 2 amide bonds. The van der Waals surface area contributed by atoms with Crippen LogP contribution in [0, 0.1) is 0 Å². The number of hydrogen-bond acceptors (Lipinski definition) is 3. The molecule has 0 fully saturated rings. The largest absolute Gasteiger partial charge is 0.412 e. The molecule has 190 valence electrons. The number of allylic oxidation sites excluding steroid dienone is 4. The number of benzene rings is 1. The van der Waals surface area contributed by atoms with Gasteiger partial charge in [0.15, 0.2) is 0 Å². The Bertz CT molecular complexity index is 892. The number of alkyl halides is 3. The highest BCUT2D eigenvalue weighted by Gasteiger charge is 2.29. The first kappa shape index (κ1) is 29.3. The third kappa shape index (κ3) is 9.23. The lowest BCUT2D eigenvalue weighted by atomic mass is 10.1. The van der Waals surface area contributed by atoms with E-state index in [1.54, 1.807) is 11.9 Å². The second kappa shape index (κ2) is 13.8. The molecule has 34 heavy (non-hydrogen) atoms. The summed E-state index contributed by atoms with van der Waals surface area (Å²) in [6, 6.07) is 5.56. The predicted molar refractivity (Wildman–Crippen MR) is 133 cm³/mol. The van der Waals surface area contributed by atoms with E-state index in [9.17, 15) is 22.8 Å². The number of carbonyl (C=O) groups is 2. The lowest BCUT2D eigenvalue weighted by molar-refractivity contribution is -0.117. The zero-order valence-corrected chi connectivity index (χ0v) is 21.2. The summed E-state index contributed by atoms with van der Waals surface area (Å²) in [4.78, 5) is 27.9. The number of halogens is 3. The monoisotopic (exact) mass is 481 g/mol. The zero-order chi connectivity index (χ0) is 25.9. The summed E-state index contributed by atoms with van der Waals surface area (Å²) >= 11 is 0. The van der Waals surface area contributed by atoms with Crippen molar-refractivity contribution < 1.29 is 22.8 Å². The van der Waals surface area contributed by atoms with Crippen molar-refractivity contribution in [1.29, 1.82) is 0 Å². The second-order valence-corrected chi connectivity index (χ2v) is 8.21. The minimum atomic E-state index is -4.28. The highest BCUT2D eigenvalue weighted by molar-refractivity contribution is 5.95. The van der Waals surface area contributed by atoms with Crippen LogP contribution >= 0.6 is 0 Å². The van der Waals surface area contributed by atoms with E-state index in [-0.39, 0.29) is 11.8 Å². The Morgan fingerprint density at radius 1 is 1.12 bits per heavy atom. The maximum Gasteiger partial charge on any atom is 0.412 e. The Labute approximate surface area is 201 Å². The molecule has 0 unspecified atom stereocenters. The minimum Gasteiger partial charge on any atom is -0.375 e. The van der Waals surface area contributed by atoms with E-state index >= 15 is 0 Å². The van der Waals surface area contributed by atoms with Crippen molar-refractivity contribution >= 4 is 23.2 Å². The molecule has 0 aromatic heterocycles. The van der Waals surface area contributed by atoms with Gasteiger partial charge in [0, 0.05) is 56.1 Å². The van der Waals surface area contributed by atoms with Gasteiger partial charge in [-0.1, -0.05) is 25.1 Å². The number of aryl methyl sites for hydroxylation is 1. The molecular formula is C26H38F3N3O2. The van der Waals surface area contributed by atoms with Gasteiger partial charge < -0.3 is 15.1 Å². The van der Waals surface area contributed by atoms with Gasteiger partial charge >= 0.3 is 6.18 Å². The fourth-order valence-electron chi connectivity index (χ4n) is 3.62. The van der Waals surface area contributed by atoms with E-state index in [0.717, 1.165) is 30.3 Å². The van der Waals surface area contributed by atoms with Crippen molar-refractivity contribution in [3.05, 3.63) is 47.2 Å². The van der Waals surface area contributed by atoms with Gasteiger partial charge in [0.1, 0.15) is 0 Å². The number of rotatable bonds is 12. The molecule has 0 aliphatic rings.